The van der Waals surface area contributed by atoms with Crippen molar-refractivity contribution in [2.45, 2.75) is 64.0 Å². The third-order valence-electron chi connectivity index (χ3n) is 5.06. The van der Waals surface area contributed by atoms with Gasteiger partial charge in [0.25, 0.3) is 0 Å². The van der Waals surface area contributed by atoms with Gasteiger partial charge in [-0.25, -0.2) is 0 Å². The van der Waals surface area contributed by atoms with Gasteiger partial charge in [0.15, 0.2) is 0 Å². The van der Waals surface area contributed by atoms with Crippen molar-refractivity contribution < 1.29 is 9.53 Å². The maximum Gasteiger partial charge on any atom is 0.326 e. The molecule has 0 aromatic rings. The number of nitrogens with zero attached hydrogens (tertiary/aromatic N) is 1. The molecule has 0 heterocycles. The summed E-state index contributed by atoms with van der Waals surface area (Å²) in [5.41, 5.74) is -0.441. The lowest BCUT2D eigenvalue weighted by Crippen LogP contribution is -2.52. The predicted molar refractivity (Wildman–Crippen MR) is 80.7 cm³/mol. The third-order valence-corrected chi connectivity index (χ3v) is 5.06. The van der Waals surface area contributed by atoms with Crippen molar-refractivity contribution in [2.24, 2.45) is 5.92 Å². The Hall–Kier alpha value is -0.610. The average Bonchev–Trinajstić information content (AvgIpc) is 2.80. The zero-order chi connectivity index (χ0) is 14.6. The van der Waals surface area contributed by atoms with Crippen molar-refractivity contribution in [2.75, 3.05) is 26.7 Å². The molecule has 2 aliphatic carbocycles. The number of carbonyl (C=O) groups excluding carboxylic acids is 1. The van der Waals surface area contributed by atoms with Crippen LogP contribution in [-0.2, 0) is 9.53 Å². The molecule has 0 aliphatic heterocycles. The predicted octanol–water partition coefficient (Wildman–Crippen LogP) is 2.18. The van der Waals surface area contributed by atoms with E-state index in [2.05, 4.69) is 24.2 Å². The summed E-state index contributed by atoms with van der Waals surface area (Å²) in [5.74, 6) is 0.832. The maximum atomic E-state index is 12.3. The fourth-order valence-electron chi connectivity index (χ4n) is 3.65. The van der Waals surface area contributed by atoms with E-state index in [4.69, 9.17) is 4.74 Å². The van der Waals surface area contributed by atoms with E-state index in [1.807, 2.05) is 6.92 Å². The molecule has 2 fully saturated rings. The Balaban J connectivity index is 1.93. The highest BCUT2D eigenvalue weighted by Gasteiger charge is 2.47. The number of ether oxygens (including phenoxy) is 1. The highest BCUT2D eigenvalue weighted by Crippen LogP contribution is 2.35. The Morgan fingerprint density at radius 2 is 2.10 bits per heavy atom. The molecule has 0 bridgehead atoms. The smallest absolute Gasteiger partial charge is 0.326 e. The summed E-state index contributed by atoms with van der Waals surface area (Å²) in [6, 6.07) is 0.513. The molecule has 20 heavy (non-hydrogen) atoms. The lowest BCUT2D eigenvalue weighted by atomic mass is 9.85. The van der Waals surface area contributed by atoms with Gasteiger partial charge in [-0.05, 0) is 58.5 Å². The zero-order valence-corrected chi connectivity index (χ0v) is 13.3. The van der Waals surface area contributed by atoms with Crippen LogP contribution in [0.3, 0.4) is 0 Å². The fraction of sp³-hybridized carbons (Fsp3) is 0.938. The summed E-state index contributed by atoms with van der Waals surface area (Å²) >= 11 is 0. The second-order valence-corrected chi connectivity index (χ2v) is 6.47. The van der Waals surface area contributed by atoms with Gasteiger partial charge in [0.2, 0.25) is 0 Å². The summed E-state index contributed by atoms with van der Waals surface area (Å²) in [4.78, 5) is 14.8. The van der Waals surface area contributed by atoms with Gasteiger partial charge >= 0.3 is 5.97 Å². The first-order chi connectivity index (χ1) is 9.61. The van der Waals surface area contributed by atoms with Crippen LogP contribution in [0.4, 0.5) is 0 Å². The van der Waals surface area contributed by atoms with E-state index in [-0.39, 0.29) is 5.97 Å². The van der Waals surface area contributed by atoms with E-state index in [1.165, 1.54) is 25.8 Å². The van der Waals surface area contributed by atoms with Crippen LogP contribution in [0.2, 0.25) is 0 Å². The van der Waals surface area contributed by atoms with Crippen LogP contribution in [0, 0.1) is 5.92 Å². The van der Waals surface area contributed by atoms with Crippen LogP contribution < -0.4 is 5.32 Å². The summed E-state index contributed by atoms with van der Waals surface area (Å²) in [6.45, 7) is 6.42. The Bertz CT molecular complexity index is 330. The number of likely N-dealkylation sites (N-methyl/N-ethyl adjacent to an activating group) is 1. The zero-order valence-electron chi connectivity index (χ0n) is 13.3. The van der Waals surface area contributed by atoms with Gasteiger partial charge in [-0.1, -0.05) is 13.3 Å². The van der Waals surface area contributed by atoms with E-state index in [9.17, 15) is 4.79 Å². The van der Waals surface area contributed by atoms with E-state index in [1.54, 1.807) is 0 Å². The van der Waals surface area contributed by atoms with Crippen molar-refractivity contribution in [1.82, 2.24) is 10.2 Å². The van der Waals surface area contributed by atoms with Crippen molar-refractivity contribution in [3.8, 4) is 0 Å². The first-order valence-electron chi connectivity index (χ1n) is 8.23. The first kappa shape index (κ1) is 15.8. The number of rotatable bonds is 7. The quantitative estimate of drug-likeness (QED) is 0.727. The van der Waals surface area contributed by atoms with Crippen molar-refractivity contribution in [3.05, 3.63) is 0 Å². The van der Waals surface area contributed by atoms with Crippen LogP contribution in [0.1, 0.15) is 52.4 Å². The topological polar surface area (TPSA) is 41.6 Å². The van der Waals surface area contributed by atoms with Gasteiger partial charge in [0, 0.05) is 12.6 Å². The maximum absolute atomic E-state index is 12.3. The van der Waals surface area contributed by atoms with Crippen molar-refractivity contribution in [1.29, 1.82) is 0 Å². The van der Waals surface area contributed by atoms with Crippen LogP contribution in [0.5, 0.6) is 0 Å². The average molecular weight is 282 g/mol. The van der Waals surface area contributed by atoms with E-state index in [0.29, 0.717) is 12.6 Å². The van der Waals surface area contributed by atoms with Crippen molar-refractivity contribution in [3.63, 3.8) is 0 Å². The molecule has 2 atom stereocenters. The minimum atomic E-state index is -0.441. The molecule has 2 aliphatic rings. The number of esters is 1. The standard InChI is InChI=1S/C16H30N2O2/c1-4-17-16(15(19)20-5-2)10-9-14(11-16)18(3)12-13-7-6-8-13/h13-14,17H,4-12H2,1-3H3. The lowest BCUT2D eigenvalue weighted by molar-refractivity contribution is -0.151. The highest BCUT2D eigenvalue weighted by molar-refractivity contribution is 5.81. The molecule has 2 saturated carbocycles. The second-order valence-electron chi connectivity index (χ2n) is 6.47. The molecule has 0 aromatic heterocycles. The van der Waals surface area contributed by atoms with E-state index in [0.717, 1.165) is 31.7 Å². The Kier molecular flexibility index (Phi) is 5.44. The second kappa shape index (κ2) is 6.90. The molecular weight excluding hydrogens is 252 g/mol. The molecular formula is C16H30N2O2. The number of nitrogens with one attached hydrogen (secondary N) is 1. The number of hydrogen-bond acceptors (Lipinski definition) is 4. The van der Waals surface area contributed by atoms with Crippen LogP contribution in [0.15, 0.2) is 0 Å². The van der Waals surface area contributed by atoms with E-state index < -0.39 is 5.54 Å². The molecule has 0 aromatic carbocycles. The van der Waals surface area contributed by atoms with Gasteiger partial charge in [0.1, 0.15) is 5.54 Å². The molecule has 0 spiro atoms. The molecule has 0 amide bonds. The van der Waals surface area contributed by atoms with E-state index >= 15 is 0 Å². The molecule has 0 saturated heterocycles. The Morgan fingerprint density at radius 3 is 2.65 bits per heavy atom. The molecule has 2 unspecified atom stereocenters. The van der Waals surface area contributed by atoms with Crippen LogP contribution in [-0.4, -0.2) is 49.2 Å². The third kappa shape index (κ3) is 3.34. The van der Waals surface area contributed by atoms with Crippen LogP contribution >= 0.6 is 0 Å². The molecule has 4 nitrogen and oxygen atoms in total. The summed E-state index contributed by atoms with van der Waals surface area (Å²) in [5, 5.41) is 3.41. The van der Waals surface area contributed by atoms with Gasteiger partial charge < -0.3 is 15.0 Å². The Morgan fingerprint density at radius 1 is 1.35 bits per heavy atom. The molecule has 0 radical (unpaired) electrons. The minimum Gasteiger partial charge on any atom is -0.465 e. The van der Waals surface area contributed by atoms with Crippen molar-refractivity contribution >= 4 is 5.97 Å². The summed E-state index contributed by atoms with van der Waals surface area (Å²) in [7, 11) is 2.22. The fourth-order valence-corrected chi connectivity index (χ4v) is 3.65. The highest BCUT2D eigenvalue weighted by atomic mass is 16.5. The monoisotopic (exact) mass is 282 g/mol. The van der Waals surface area contributed by atoms with Crippen LogP contribution in [0.25, 0.3) is 0 Å². The first-order valence-corrected chi connectivity index (χ1v) is 8.23. The normalized spacial score (nSPS) is 30.5. The van der Waals surface area contributed by atoms with Gasteiger partial charge in [-0.15, -0.1) is 0 Å². The number of hydrogen-bond donors (Lipinski definition) is 1. The molecule has 4 heteroatoms. The van der Waals surface area contributed by atoms with Gasteiger partial charge in [0.05, 0.1) is 6.61 Å². The van der Waals surface area contributed by atoms with Gasteiger partial charge in [-0.2, -0.15) is 0 Å². The minimum absolute atomic E-state index is 0.0543. The number of carbonyl (C=O) groups is 1. The summed E-state index contributed by atoms with van der Waals surface area (Å²) in [6.07, 6.45) is 7.05. The molecule has 2 rings (SSSR count). The SMILES string of the molecule is CCNC1(C(=O)OCC)CCC(N(C)CC2CCC2)C1. The lowest BCUT2D eigenvalue weighted by Gasteiger charge is -2.34. The Labute approximate surface area is 123 Å². The summed E-state index contributed by atoms with van der Waals surface area (Å²) < 4.78 is 5.30. The molecule has 116 valence electrons. The molecule has 1 N–H and O–H groups in total. The van der Waals surface area contributed by atoms with Gasteiger partial charge in [-0.3, -0.25) is 4.79 Å². The largest absolute Gasteiger partial charge is 0.465 e.